The second-order valence-corrected chi connectivity index (χ2v) is 13.3. The van der Waals surface area contributed by atoms with Crippen LogP contribution in [0.25, 0.3) is 71.8 Å². The first-order valence-electron chi connectivity index (χ1n) is 17.7. The first kappa shape index (κ1) is 29.9. The lowest BCUT2D eigenvalue weighted by molar-refractivity contribution is 1.18. The van der Waals surface area contributed by atoms with E-state index >= 15 is 0 Å². The Labute approximate surface area is 302 Å². The van der Waals surface area contributed by atoms with E-state index in [1.165, 1.54) is 54.8 Å². The van der Waals surface area contributed by atoms with E-state index in [0.717, 1.165) is 34.0 Å². The van der Waals surface area contributed by atoms with Crippen LogP contribution in [0.5, 0.6) is 0 Å². The van der Waals surface area contributed by atoms with E-state index in [-0.39, 0.29) is 0 Å². The van der Waals surface area contributed by atoms with Gasteiger partial charge >= 0.3 is 0 Å². The van der Waals surface area contributed by atoms with Crippen molar-refractivity contribution in [2.45, 2.75) is 0 Å². The Balaban J connectivity index is 0.997. The van der Waals surface area contributed by atoms with Gasteiger partial charge in [0.1, 0.15) is 0 Å². The number of nitrogens with zero attached hydrogens (tertiary/aromatic N) is 3. The normalized spacial score (nSPS) is 11.5. The van der Waals surface area contributed by atoms with Crippen LogP contribution in [0.15, 0.2) is 200 Å². The molecule has 3 nitrogen and oxygen atoms in total. The molecule has 244 valence electrons. The van der Waals surface area contributed by atoms with Crippen molar-refractivity contribution in [1.29, 1.82) is 0 Å². The smallest absolute Gasteiger partial charge is 0.0703 e. The van der Waals surface area contributed by atoms with Crippen LogP contribution in [0.3, 0.4) is 0 Å². The summed E-state index contributed by atoms with van der Waals surface area (Å²) < 4.78 is 2.38. The molecule has 0 aliphatic heterocycles. The number of hydrogen-bond acceptors (Lipinski definition) is 2. The van der Waals surface area contributed by atoms with E-state index < -0.39 is 0 Å². The van der Waals surface area contributed by atoms with E-state index in [0.29, 0.717) is 0 Å². The van der Waals surface area contributed by atoms with Gasteiger partial charge in [0.2, 0.25) is 0 Å². The van der Waals surface area contributed by atoms with Crippen LogP contribution in [0.1, 0.15) is 0 Å². The highest BCUT2D eigenvalue weighted by Crippen LogP contribution is 2.40. The van der Waals surface area contributed by atoms with E-state index in [4.69, 9.17) is 4.98 Å². The Hall–Kier alpha value is -6.97. The number of anilines is 3. The fraction of sp³-hybridized carbons (Fsp3) is 0. The maximum absolute atomic E-state index is 5.02. The van der Waals surface area contributed by atoms with Gasteiger partial charge in [-0.25, -0.2) is 0 Å². The van der Waals surface area contributed by atoms with Crippen molar-refractivity contribution < 1.29 is 0 Å². The molecule has 0 aliphatic rings. The van der Waals surface area contributed by atoms with Gasteiger partial charge in [0.05, 0.1) is 28.6 Å². The molecule has 0 atom stereocenters. The summed E-state index contributed by atoms with van der Waals surface area (Å²) in [5.41, 5.74) is 13.5. The lowest BCUT2D eigenvalue weighted by Crippen LogP contribution is -2.10. The summed E-state index contributed by atoms with van der Waals surface area (Å²) in [6.45, 7) is 0. The molecule has 0 N–H and O–H groups in total. The average Bonchev–Trinajstić information content (AvgIpc) is 3.57. The number of aromatic nitrogens is 2. The van der Waals surface area contributed by atoms with Gasteiger partial charge < -0.3 is 9.47 Å². The molecule has 10 aromatic rings. The molecule has 2 aromatic heterocycles. The summed E-state index contributed by atoms with van der Waals surface area (Å²) in [5, 5.41) is 5.19. The van der Waals surface area contributed by atoms with Gasteiger partial charge in [-0.2, -0.15) is 0 Å². The van der Waals surface area contributed by atoms with E-state index in [9.17, 15) is 0 Å². The number of hydrogen-bond donors (Lipinski definition) is 0. The molecule has 2 heterocycles. The van der Waals surface area contributed by atoms with Crippen LogP contribution in [-0.4, -0.2) is 9.55 Å². The largest absolute Gasteiger partial charge is 0.309 e. The monoisotopic (exact) mass is 663 g/mol. The molecule has 0 radical (unpaired) electrons. The topological polar surface area (TPSA) is 21.1 Å². The second kappa shape index (κ2) is 12.4. The van der Waals surface area contributed by atoms with Gasteiger partial charge in [-0.05, 0) is 93.7 Å². The molecule has 0 unspecified atom stereocenters. The highest BCUT2D eigenvalue weighted by Gasteiger charge is 2.17. The molecule has 0 spiro atoms. The second-order valence-electron chi connectivity index (χ2n) is 13.3. The molecule has 8 aromatic carbocycles. The van der Waals surface area contributed by atoms with Crippen molar-refractivity contribution in [3.05, 3.63) is 200 Å². The Bertz CT molecular complexity index is 2630. The van der Waals surface area contributed by atoms with Crippen molar-refractivity contribution >= 4 is 49.6 Å². The maximum atomic E-state index is 5.02. The minimum absolute atomic E-state index is 0.933. The quantitative estimate of drug-likeness (QED) is 0.158. The summed E-state index contributed by atoms with van der Waals surface area (Å²) in [5.74, 6) is 0. The predicted octanol–water partition coefficient (Wildman–Crippen LogP) is 13.2. The molecule has 0 bridgehead atoms. The third-order valence-corrected chi connectivity index (χ3v) is 10.2. The predicted molar refractivity (Wildman–Crippen MR) is 218 cm³/mol. The molecule has 10 rings (SSSR count). The molecule has 0 fully saturated rings. The highest BCUT2D eigenvalue weighted by atomic mass is 15.1. The van der Waals surface area contributed by atoms with Gasteiger partial charge in [-0.15, -0.1) is 0 Å². The number of benzene rings is 8. The fourth-order valence-electron chi connectivity index (χ4n) is 7.68. The van der Waals surface area contributed by atoms with Gasteiger partial charge in [-0.3, -0.25) is 4.98 Å². The Morgan fingerprint density at radius 2 is 0.808 bits per heavy atom. The third-order valence-electron chi connectivity index (χ3n) is 10.2. The minimum Gasteiger partial charge on any atom is -0.309 e. The molecular formula is C49H33N3. The summed E-state index contributed by atoms with van der Waals surface area (Å²) in [4.78, 5) is 7.29. The summed E-state index contributed by atoms with van der Waals surface area (Å²) in [6, 6.07) is 69.3. The zero-order chi connectivity index (χ0) is 34.4. The standard InChI is InChI=1S/C49H33N3/c1-3-9-34(10-4-1)36-19-25-41(26-20-36)51(42-27-21-37(22-28-42)35-11-5-2-6-12-35)44-31-32-45(50-33-44)38-23-29-43(30-24-38)52-46-15-7-13-39-17-18-40-14-8-16-47(52)49(40)48(39)46/h1-33H. The van der Waals surface area contributed by atoms with Gasteiger partial charge in [-0.1, -0.05) is 133 Å². The van der Waals surface area contributed by atoms with Gasteiger partial charge in [0.15, 0.2) is 0 Å². The zero-order valence-corrected chi connectivity index (χ0v) is 28.4. The summed E-state index contributed by atoms with van der Waals surface area (Å²) in [6.07, 6.45) is 1.98. The van der Waals surface area contributed by atoms with E-state index in [1.807, 2.05) is 6.20 Å². The van der Waals surface area contributed by atoms with Crippen LogP contribution < -0.4 is 4.90 Å². The van der Waals surface area contributed by atoms with Gasteiger partial charge in [0.25, 0.3) is 0 Å². The van der Waals surface area contributed by atoms with Crippen LogP contribution in [0.4, 0.5) is 17.1 Å². The lowest BCUT2D eigenvalue weighted by atomic mass is 10.0. The lowest BCUT2D eigenvalue weighted by Gasteiger charge is -2.26. The van der Waals surface area contributed by atoms with E-state index in [2.05, 4.69) is 204 Å². The van der Waals surface area contributed by atoms with E-state index in [1.54, 1.807) is 0 Å². The third kappa shape index (κ3) is 5.10. The van der Waals surface area contributed by atoms with Crippen LogP contribution in [0.2, 0.25) is 0 Å². The summed E-state index contributed by atoms with van der Waals surface area (Å²) >= 11 is 0. The fourth-order valence-corrected chi connectivity index (χ4v) is 7.68. The Morgan fingerprint density at radius 1 is 0.346 bits per heavy atom. The van der Waals surface area contributed by atoms with Crippen LogP contribution >= 0.6 is 0 Å². The highest BCUT2D eigenvalue weighted by molar-refractivity contribution is 6.24. The maximum Gasteiger partial charge on any atom is 0.0703 e. The summed E-state index contributed by atoms with van der Waals surface area (Å²) in [7, 11) is 0. The Morgan fingerprint density at radius 3 is 1.29 bits per heavy atom. The van der Waals surface area contributed by atoms with Crippen molar-refractivity contribution in [3.8, 4) is 39.2 Å². The first-order chi connectivity index (χ1) is 25.8. The van der Waals surface area contributed by atoms with Gasteiger partial charge in [0, 0.05) is 33.4 Å². The first-order valence-corrected chi connectivity index (χ1v) is 17.7. The average molecular weight is 664 g/mol. The molecule has 0 saturated carbocycles. The van der Waals surface area contributed by atoms with Crippen molar-refractivity contribution in [2.24, 2.45) is 0 Å². The SMILES string of the molecule is c1ccc(-c2ccc(N(c3ccc(-c4ccccc4)cc3)c3ccc(-c4ccc(-n5c6cccc7ccc8cccc5c8c76)cc4)nc3)cc2)cc1. The van der Waals surface area contributed by atoms with Crippen LogP contribution in [-0.2, 0) is 0 Å². The zero-order valence-electron chi connectivity index (χ0n) is 28.4. The number of pyridine rings is 1. The van der Waals surface area contributed by atoms with Crippen molar-refractivity contribution in [2.75, 3.05) is 4.90 Å². The van der Waals surface area contributed by atoms with Crippen LogP contribution in [0, 0.1) is 0 Å². The van der Waals surface area contributed by atoms with Crippen molar-refractivity contribution in [1.82, 2.24) is 9.55 Å². The number of rotatable bonds is 7. The van der Waals surface area contributed by atoms with Crippen molar-refractivity contribution in [3.63, 3.8) is 0 Å². The molecular weight excluding hydrogens is 631 g/mol. The molecule has 0 aliphatic carbocycles. The minimum atomic E-state index is 0.933. The molecule has 3 heteroatoms. The Kier molecular flexibility index (Phi) is 7.14. The molecule has 52 heavy (non-hydrogen) atoms. The molecule has 0 saturated heterocycles. The molecule has 0 amide bonds.